The second-order valence-electron chi connectivity index (χ2n) is 1.51. The highest BCUT2D eigenvalue weighted by atomic mass is 79.9. The van der Waals surface area contributed by atoms with Crippen molar-refractivity contribution in [1.82, 2.24) is 9.97 Å². The Morgan fingerprint density at radius 1 is 1.70 bits per heavy atom. The van der Waals surface area contributed by atoms with Crippen LogP contribution in [0.5, 0.6) is 5.88 Å². The minimum Gasteiger partial charge on any atom is -0.466 e. The lowest BCUT2D eigenvalue weighted by atomic mass is 10.6. The summed E-state index contributed by atoms with van der Waals surface area (Å²) in [5, 5.41) is 0. The van der Waals surface area contributed by atoms with Gasteiger partial charge in [0.2, 0.25) is 11.8 Å². The molecule has 0 amide bonds. The fourth-order valence-corrected chi connectivity index (χ4v) is 0.727. The lowest BCUT2D eigenvalue weighted by Crippen LogP contribution is -1.97. The van der Waals surface area contributed by atoms with Gasteiger partial charge in [-0.1, -0.05) is 0 Å². The van der Waals surface area contributed by atoms with Gasteiger partial charge in [-0.25, -0.2) is 4.98 Å². The number of hydrogen-bond donors (Lipinski definition) is 1. The zero-order valence-corrected chi connectivity index (χ0v) is 6.71. The number of rotatable bonds is 2. The van der Waals surface area contributed by atoms with Crippen LogP contribution in [-0.4, -0.2) is 15.5 Å². The third kappa shape index (κ3) is 1.84. The van der Waals surface area contributed by atoms with Gasteiger partial charge in [0, 0.05) is 12.3 Å². The van der Waals surface area contributed by atoms with Crippen molar-refractivity contribution in [3.8, 4) is 5.88 Å². The molecule has 2 N–H and O–H groups in total. The number of hydrogen-bond acceptors (Lipinski definition) is 4. The van der Waals surface area contributed by atoms with E-state index in [1.54, 1.807) is 12.3 Å². The molecule has 1 heterocycles. The molecule has 0 bridgehead atoms. The van der Waals surface area contributed by atoms with Crippen LogP contribution in [0.4, 0.5) is 5.95 Å². The van der Waals surface area contributed by atoms with Crippen molar-refractivity contribution in [2.45, 2.75) is 0 Å². The molecule has 0 saturated carbocycles. The summed E-state index contributed by atoms with van der Waals surface area (Å²) in [6, 6.07) is 1.64. The highest BCUT2D eigenvalue weighted by molar-refractivity contribution is 9.09. The van der Waals surface area contributed by atoms with Crippen LogP contribution in [0.2, 0.25) is 0 Å². The molecule has 1 aromatic rings. The highest BCUT2D eigenvalue weighted by Gasteiger charge is 1.92. The van der Waals surface area contributed by atoms with Gasteiger partial charge in [0.1, 0.15) is 5.52 Å². The standard InChI is InChI=1S/C5H6BrN3O/c6-3-10-4-1-2-8-5(7)9-4/h1-2H,3H2,(H2,7,8,9). The number of aromatic nitrogens is 2. The van der Waals surface area contributed by atoms with E-state index in [-0.39, 0.29) is 5.95 Å². The number of alkyl halides is 1. The summed E-state index contributed by atoms with van der Waals surface area (Å²) in [5.41, 5.74) is 5.68. The third-order valence-electron chi connectivity index (χ3n) is 0.851. The third-order valence-corrected chi connectivity index (χ3v) is 1.08. The van der Waals surface area contributed by atoms with E-state index in [4.69, 9.17) is 10.5 Å². The molecule has 0 unspecified atom stereocenters. The van der Waals surface area contributed by atoms with Crippen LogP contribution in [0.3, 0.4) is 0 Å². The average Bonchev–Trinajstić information content (AvgIpc) is 1.88. The van der Waals surface area contributed by atoms with Gasteiger partial charge < -0.3 is 10.5 Å². The predicted octanol–water partition coefficient (Wildman–Crippen LogP) is 0.790. The Bertz CT molecular complexity index is 218. The molecule has 0 fully saturated rings. The summed E-state index contributed by atoms with van der Waals surface area (Å²) in [7, 11) is 0. The normalized spacial score (nSPS) is 9.30. The molecular formula is C5H6BrN3O. The average molecular weight is 204 g/mol. The van der Waals surface area contributed by atoms with Crippen LogP contribution < -0.4 is 10.5 Å². The van der Waals surface area contributed by atoms with E-state index in [0.29, 0.717) is 11.4 Å². The van der Waals surface area contributed by atoms with Gasteiger partial charge in [-0.15, -0.1) is 0 Å². The summed E-state index contributed by atoms with van der Waals surface area (Å²) in [6.45, 7) is 0. The Morgan fingerprint density at radius 3 is 3.10 bits per heavy atom. The highest BCUT2D eigenvalue weighted by Crippen LogP contribution is 2.05. The molecule has 0 aromatic carbocycles. The minimum absolute atomic E-state index is 0.221. The first-order chi connectivity index (χ1) is 4.83. The summed E-state index contributed by atoms with van der Waals surface area (Å²) >= 11 is 3.09. The van der Waals surface area contributed by atoms with Crippen molar-refractivity contribution in [2.24, 2.45) is 0 Å². The number of nitrogen functional groups attached to an aromatic ring is 1. The molecule has 0 saturated heterocycles. The van der Waals surface area contributed by atoms with Crippen molar-refractivity contribution in [3.63, 3.8) is 0 Å². The van der Waals surface area contributed by atoms with Crippen LogP contribution >= 0.6 is 15.9 Å². The molecule has 10 heavy (non-hydrogen) atoms. The largest absolute Gasteiger partial charge is 0.466 e. The lowest BCUT2D eigenvalue weighted by molar-refractivity contribution is 0.381. The monoisotopic (exact) mass is 203 g/mol. The van der Waals surface area contributed by atoms with Crippen molar-refractivity contribution < 1.29 is 4.74 Å². The lowest BCUT2D eigenvalue weighted by Gasteiger charge is -1.98. The number of nitrogens with zero attached hydrogens (tertiary/aromatic N) is 2. The predicted molar refractivity (Wildman–Crippen MR) is 40.9 cm³/mol. The Morgan fingerprint density at radius 2 is 2.50 bits per heavy atom. The topological polar surface area (TPSA) is 61.0 Å². The van der Waals surface area contributed by atoms with Gasteiger partial charge in [0.15, 0.2) is 0 Å². The van der Waals surface area contributed by atoms with Gasteiger partial charge in [0.25, 0.3) is 0 Å². The zero-order chi connectivity index (χ0) is 7.40. The van der Waals surface area contributed by atoms with Crippen molar-refractivity contribution >= 4 is 21.9 Å². The first-order valence-electron chi connectivity index (χ1n) is 2.60. The minimum atomic E-state index is 0.221. The molecule has 5 heteroatoms. The SMILES string of the molecule is Nc1nccc(OCBr)n1. The molecule has 4 nitrogen and oxygen atoms in total. The van der Waals surface area contributed by atoms with Gasteiger partial charge in [-0.3, -0.25) is 0 Å². The molecule has 0 aliphatic rings. The van der Waals surface area contributed by atoms with E-state index < -0.39 is 0 Å². The quantitative estimate of drug-likeness (QED) is 0.723. The molecule has 0 spiro atoms. The fourth-order valence-electron chi connectivity index (χ4n) is 0.493. The van der Waals surface area contributed by atoms with Gasteiger partial charge in [-0.05, 0) is 15.9 Å². The van der Waals surface area contributed by atoms with Crippen LogP contribution in [0, 0.1) is 0 Å². The Hall–Kier alpha value is -0.840. The Labute approximate surface area is 66.6 Å². The molecule has 1 rings (SSSR count). The first-order valence-corrected chi connectivity index (χ1v) is 3.72. The smallest absolute Gasteiger partial charge is 0.223 e. The molecule has 54 valence electrons. The Balaban J connectivity index is 2.75. The number of anilines is 1. The van der Waals surface area contributed by atoms with E-state index in [2.05, 4.69) is 25.9 Å². The summed E-state index contributed by atoms with van der Waals surface area (Å²) in [5.74, 6) is 0.697. The van der Waals surface area contributed by atoms with Crippen molar-refractivity contribution in [1.29, 1.82) is 0 Å². The molecule has 0 aliphatic heterocycles. The van der Waals surface area contributed by atoms with Crippen molar-refractivity contribution in [3.05, 3.63) is 12.3 Å². The second kappa shape index (κ2) is 3.36. The maximum absolute atomic E-state index is 5.27. The molecule has 1 aromatic heterocycles. The zero-order valence-electron chi connectivity index (χ0n) is 5.12. The van der Waals surface area contributed by atoms with Gasteiger partial charge in [-0.2, -0.15) is 4.98 Å². The molecule has 0 aliphatic carbocycles. The first kappa shape index (κ1) is 7.27. The van der Waals surface area contributed by atoms with E-state index in [1.807, 2.05) is 0 Å². The number of ether oxygens (including phenoxy) is 1. The summed E-state index contributed by atoms with van der Waals surface area (Å²) < 4.78 is 4.97. The van der Waals surface area contributed by atoms with E-state index in [1.165, 1.54) is 0 Å². The van der Waals surface area contributed by atoms with Crippen molar-refractivity contribution in [2.75, 3.05) is 11.2 Å². The van der Waals surface area contributed by atoms with Gasteiger partial charge in [0.05, 0.1) is 0 Å². The van der Waals surface area contributed by atoms with E-state index in [9.17, 15) is 0 Å². The maximum atomic E-state index is 5.27. The molecule has 0 radical (unpaired) electrons. The summed E-state index contributed by atoms with van der Waals surface area (Å²) in [6.07, 6.45) is 1.54. The number of halogens is 1. The van der Waals surface area contributed by atoms with Crippen LogP contribution in [0.15, 0.2) is 12.3 Å². The van der Waals surface area contributed by atoms with Crippen LogP contribution in [0.1, 0.15) is 0 Å². The fraction of sp³-hybridized carbons (Fsp3) is 0.200. The number of nitrogens with two attached hydrogens (primary N) is 1. The van der Waals surface area contributed by atoms with Crippen LogP contribution in [-0.2, 0) is 0 Å². The van der Waals surface area contributed by atoms with E-state index >= 15 is 0 Å². The van der Waals surface area contributed by atoms with Gasteiger partial charge >= 0.3 is 0 Å². The van der Waals surface area contributed by atoms with E-state index in [0.717, 1.165) is 0 Å². The molecular weight excluding hydrogens is 198 g/mol. The maximum Gasteiger partial charge on any atom is 0.223 e. The second-order valence-corrected chi connectivity index (χ2v) is 1.96. The van der Waals surface area contributed by atoms with Crippen LogP contribution in [0.25, 0.3) is 0 Å². The molecule has 0 atom stereocenters. The summed E-state index contributed by atoms with van der Waals surface area (Å²) in [4.78, 5) is 7.47. The Kier molecular flexibility index (Phi) is 2.44.